The summed E-state index contributed by atoms with van der Waals surface area (Å²) in [7, 11) is -1.00. The Labute approximate surface area is 398 Å². The first-order chi connectivity index (χ1) is 31.6. The fourth-order valence-corrected chi connectivity index (χ4v) is 7.08. The Bertz CT molecular complexity index is 2960. The lowest BCUT2D eigenvalue weighted by atomic mass is 10.1. The van der Waals surface area contributed by atoms with E-state index in [1.54, 1.807) is 61.3 Å². The van der Waals surface area contributed by atoms with Gasteiger partial charge in [-0.3, -0.25) is 19.2 Å². The molecule has 0 saturated heterocycles. The van der Waals surface area contributed by atoms with Crippen molar-refractivity contribution in [2.24, 2.45) is 5.73 Å². The van der Waals surface area contributed by atoms with Crippen molar-refractivity contribution in [3.05, 3.63) is 175 Å². The standard InChI is InChI=1S/C23H21ClN6O.C15H10ClN3O2.C8H13N3.CH3F.ClH/c1-13-5-21(25)30-14(2)20(13)12-29-23(31)16-3-4-26-19(9-16)7-15-6-17-8-18(24)11-28-22(17)27-10-15;16-12-5-11-3-9(7-18-14(11)19-8-12)4-13-6-10(15(20)21)1-2-17-13;1-5-3-8(10)11-6(2)7(5)4-9;1-2;/h3-6,8-11H,7,12H2,1-2H3,(H2,25,30)(H,29,31);1-3,5-8H,4H2,(H,20,21);3H,4,9H2,1-2H3,(H2,10,11);1H3;1H/i;;;1D;. The van der Waals surface area contributed by atoms with Crippen LogP contribution in [0.15, 0.2) is 97.8 Å². The molecule has 1 amide bonds. The Kier molecular flexibility index (Phi) is 18.5. The zero-order valence-electron chi connectivity index (χ0n) is 37.4. The van der Waals surface area contributed by atoms with E-state index in [1.807, 2.05) is 52.0 Å². The number of alkyl halides is 1. The molecule has 0 spiro atoms. The summed E-state index contributed by atoms with van der Waals surface area (Å²) in [6.07, 6.45) is 10.8. The van der Waals surface area contributed by atoms with Crippen LogP contribution < -0.4 is 22.5 Å². The normalized spacial score (nSPS) is 10.5. The van der Waals surface area contributed by atoms with Gasteiger partial charge in [-0.15, -0.1) is 12.4 Å². The molecule has 15 nitrogen and oxygen atoms in total. The molecule has 19 heteroatoms. The summed E-state index contributed by atoms with van der Waals surface area (Å²) in [4.78, 5) is 57.6. The maximum atomic E-state index is 12.7. The average Bonchev–Trinajstić information content (AvgIpc) is 3.26. The molecule has 0 fully saturated rings. The number of halogens is 4. The molecule has 8 aromatic rings. The Morgan fingerprint density at radius 2 is 1.12 bits per heavy atom. The maximum Gasteiger partial charge on any atom is 0.335 e. The smallest absolute Gasteiger partial charge is 0.335 e. The molecule has 8 N–H and O–H groups in total. The van der Waals surface area contributed by atoms with Crippen LogP contribution in [-0.4, -0.2) is 64.0 Å². The van der Waals surface area contributed by atoms with Gasteiger partial charge in [-0.25, -0.2) is 34.7 Å². The second-order valence-electron chi connectivity index (χ2n) is 14.6. The number of amides is 1. The van der Waals surface area contributed by atoms with Crippen molar-refractivity contribution < 1.29 is 20.5 Å². The number of carboxylic acid groups (broad SMARTS) is 1. The molecule has 0 atom stereocenters. The predicted molar refractivity (Wildman–Crippen MR) is 260 cm³/mol. The number of nitrogen functional groups attached to an aromatic ring is 2. The van der Waals surface area contributed by atoms with Crippen LogP contribution in [0.25, 0.3) is 22.1 Å². The largest absolute Gasteiger partial charge is 0.478 e. The number of aryl methyl sites for hydroxylation is 4. The van der Waals surface area contributed by atoms with E-state index in [4.69, 9.17) is 46.9 Å². The van der Waals surface area contributed by atoms with Crippen molar-refractivity contribution in [2.45, 2.75) is 53.6 Å². The molecule has 8 aromatic heterocycles. The number of nitrogens with two attached hydrogens (primary N) is 3. The van der Waals surface area contributed by atoms with Crippen LogP contribution in [0.1, 0.15) is 78.2 Å². The number of carbonyl (C=O) groups is 2. The summed E-state index contributed by atoms with van der Waals surface area (Å²) in [5.41, 5.74) is 28.1. The molecule has 0 aliphatic carbocycles. The third kappa shape index (κ3) is 14.3. The number of rotatable bonds is 9. The number of carboxylic acids is 1. The fourth-order valence-electron chi connectivity index (χ4n) is 6.74. The minimum Gasteiger partial charge on any atom is -0.478 e. The summed E-state index contributed by atoms with van der Waals surface area (Å²) >= 11 is 11.9. The van der Waals surface area contributed by atoms with Gasteiger partial charge in [0.25, 0.3) is 5.91 Å². The Morgan fingerprint density at radius 3 is 1.58 bits per heavy atom. The van der Waals surface area contributed by atoms with E-state index in [-0.39, 0.29) is 23.9 Å². The molecule has 342 valence electrons. The van der Waals surface area contributed by atoms with Gasteiger partial charge < -0.3 is 27.6 Å². The van der Waals surface area contributed by atoms with E-state index >= 15 is 0 Å². The second-order valence-corrected chi connectivity index (χ2v) is 15.4. The van der Waals surface area contributed by atoms with Gasteiger partial charge in [-0.05, 0) is 122 Å². The molecule has 0 aliphatic rings. The van der Waals surface area contributed by atoms with Gasteiger partial charge in [0.05, 0.1) is 24.1 Å². The number of aromatic carboxylic acids is 1. The number of hydrogen-bond acceptors (Lipinski definition) is 13. The second kappa shape index (κ2) is 24.3. The summed E-state index contributed by atoms with van der Waals surface area (Å²) in [5.74, 6) is -0.0968. The van der Waals surface area contributed by atoms with Crippen LogP contribution in [0.5, 0.6) is 0 Å². The number of aromatic nitrogens is 8. The minimum absolute atomic E-state index is 0. The van der Waals surface area contributed by atoms with E-state index in [0.29, 0.717) is 70.2 Å². The Morgan fingerprint density at radius 1 is 0.682 bits per heavy atom. The van der Waals surface area contributed by atoms with Crippen LogP contribution in [0, 0.1) is 27.7 Å². The number of nitrogens with zero attached hydrogens (tertiary/aromatic N) is 8. The number of fused-ring (bicyclic) bond motifs is 2. The predicted octanol–water partition coefficient (Wildman–Crippen LogP) is 8.51. The molecule has 0 aromatic carbocycles. The quantitative estimate of drug-likeness (QED) is 0.0910. The van der Waals surface area contributed by atoms with E-state index in [2.05, 4.69) is 45.2 Å². The SMILES string of the molecule is Cc1cc(N)nc(C)c1CN.Cc1cc(N)nc(C)c1CNC(=O)c1ccnc(Cc2cnc3ncc(Cl)cc3c2)c1.Cl.O=C(O)c1ccnc(Cc2cnc3ncc(Cl)cc3c2)c1.[2H]CF. The molecule has 0 unspecified atom stereocenters. The van der Waals surface area contributed by atoms with Gasteiger partial charge in [0.15, 0.2) is 11.3 Å². The highest BCUT2D eigenvalue weighted by molar-refractivity contribution is 6.31. The van der Waals surface area contributed by atoms with Crippen LogP contribution in [0.3, 0.4) is 0 Å². The van der Waals surface area contributed by atoms with Crippen molar-refractivity contribution >= 4 is 81.2 Å². The Hall–Kier alpha value is -6.98. The van der Waals surface area contributed by atoms with E-state index in [9.17, 15) is 14.0 Å². The lowest BCUT2D eigenvalue weighted by molar-refractivity contribution is 0.0696. The van der Waals surface area contributed by atoms with Crippen molar-refractivity contribution in [2.75, 3.05) is 18.6 Å². The van der Waals surface area contributed by atoms with Gasteiger partial charge in [-0.2, -0.15) is 0 Å². The first-order valence-electron chi connectivity index (χ1n) is 20.5. The third-order valence-corrected chi connectivity index (χ3v) is 10.2. The molecule has 0 aliphatic heterocycles. The molecular formula is C47H48Cl3FN12O3. The number of anilines is 2. The van der Waals surface area contributed by atoms with E-state index < -0.39 is 13.1 Å². The first kappa shape index (κ1) is 50.0. The first-order valence-corrected chi connectivity index (χ1v) is 20.5. The number of hydrogen-bond donors (Lipinski definition) is 5. The highest BCUT2D eigenvalue weighted by Gasteiger charge is 2.12. The van der Waals surface area contributed by atoms with Crippen LogP contribution in [0.4, 0.5) is 16.0 Å². The summed E-state index contributed by atoms with van der Waals surface area (Å²) in [6, 6.07) is 17.7. The van der Waals surface area contributed by atoms with Crippen LogP contribution >= 0.6 is 35.6 Å². The van der Waals surface area contributed by atoms with E-state index in [0.717, 1.165) is 61.2 Å². The average molecular weight is 955 g/mol. The molecular weight excluding hydrogens is 906 g/mol. The number of carbonyl (C=O) groups excluding carboxylic acids is 1. The van der Waals surface area contributed by atoms with Crippen molar-refractivity contribution in [1.82, 2.24) is 45.2 Å². The third-order valence-electron chi connectivity index (χ3n) is 9.80. The maximum absolute atomic E-state index is 12.7. The molecule has 0 bridgehead atoms. The summed E-state index contributed by atoms with van der Waals surface area (Å²) in [6.45, 7) is 8.67. The van der Waals surface area contributed by atoms with Crippen molar-refractivity contribution in [3.8, 4) is 0 Å². The summed E-state index contributed by atoms with van der Waals surface area (Å²) in [5, 5.41) is 14.8. The van der Waals surface area contributed by atoms with Gasteiger partial charge in [0.2, 0.25) is 0 Å². The number of pyridine rings is 8. The molecule has 66 heavy (non-hydrogen) atoms. The zero-order chi connectivity index (χ0) is 47.9. The van der Waals surface area contributed by atoms with Crippen molar-refractivity contribution in [3.63, 3.8) is 0 Å². The zero-order valence-corrected chi connectivity index (χ0v) is 38.7. The molecule has 8 rings (SSSR count). The molecule has 8 heterocycles. The van der Waals surface area contributed by atoms with Gasteiger partial charge in [0, 0.05) is 102 Å². The van der Waals surface area contributed by atoms with Gasteiger partial charge in [0.1, 0.15) is 11.6 Å². The highest BCUT2D eigenvalue weighted by Crippen LogP contribution is 2.20. The highest BCUT2D eigenvalue weighted by atomic mass is 35.5. The molecule has 0 saturated carbocycles. The lowest BCUT2D eigenvalue weighted by Crippen LogP contribution is -2.24. The molecule has 0 radical (unpaired) electrons. The van der Waals surface area contributed by atoms with Crippen LogP contribution in [-0.2, 0) is 25.9 Å². The Balaban J connectivity index is 0.000000234. The monoisotopic (exact) mass is 953 g/mol. The minimum atomic E-state index is -1.00. The number of nitrogens with one attached hydrogen (secondary N) is 1. The fraction of sp³-hybridized carbons (Fsp3) is 0.191. The van der Waals surface area contributed by atoms with Crippen LogP contribution in [0.2, 0.25) is 10.0 Å². The van der Waals surface area contributed by atoms with E-state index in [1.165, 1.54) is 12.3 Å². The lowest BCUT2D eigenvalue weighted by Gasteiger charge is -2.12. The summed E-state index contributed by atoms with van der Waals surface area (Å²) < 4.78 is 15.5. The van der Waals surface area contributed by atoms with Gasteiger partial charge in [-0.1, -0.05) is 23.2 Å². The topological polar surface area (TPSA) is 248 Å². The van der Waals surface area contributed by atoms with Gasteiger partial charge >= 0.3 is 5.97 Å². The van der Waals surface area contributed by atoms with Crippen molar-refractivity contribution in [1.29, 1.82) is 0 Å².